The maximum absolute atomic E-state index is 7.17. The summed E-state index contributed by atoms with van der Waals surface area (Å²) in [6, 6.07) is 10.2. The van der Waals surface area contributed by atoms with Crippen molar-refractivity contribution in [3.05, 3.63) is 35.9 Å². The average Bonchev–Trinajstić information content (AvgIpc) is 3.20. The Kier molecular flexibility index (Phi) is 9.53. The van der Waals surface area contributed by atoms with E-state index in [4.69, 9.17) is 23.3 Å². The first-order chi connectivity index (χ1) is 16.9. The van der Waals surface area contributed by atoms with Gasteiger partial charge in [-0.1, -0.05) is 83.6 Å². The zero-order chi connectivity index (χ0) is 27.8. The van der Waals surface area contributed by atoms with E-state index in [9.17, 15) is 0 Å². The van der Waals surface area contributed by atoms with Gasteiger partial charge in [0.25, 0.3) is 0 Å². The van der Waals surface area contributed by atoms with Gasteiger partial charge in [-0.05, 0) is 41.8 Å². The van der Waals surface area contributed by atoms with Gasteiger partial charge in [0, 0.05) is 14.1 Å². The number of nitrogens with zero attached hydrogens (tertiary/aromatic N) is 2. The van der Waals surface area contributed by atoms with Crippen molar-refractivity contribution >= 4 is 33.6 Å². The second kappa shape index (κ2) is 11.4. The minimum Gasteiger partial charge on any atom is -0.414 e. The molecule has 210 valence electrons. The van der Waals surface area contributed by atoms with Crippen LogP contribution in [0.4, 0.5) is 0 Å². The summed E-state index contributed by atoms with van der Waals surface area (Å²) >= 11 is 1.69. The fraction of sp³-hybridized carbons (Fsp3) is 0.750. The molecular formula is C28H50N2O4SSi2. The molecule has 0 aromatic heterocycles. The van der Waals surface area contributed by atoms with Crippen LogP contribution in [0.5, 0.6) is 0 Å². The molecule has 0 saturated carbocycles. The van der Waals surface area contributed by atoms with Crippen LogP contribution in [-0.2, 0) is 24.9 Å². The van der Waals surface area contributed by atoms with Gasteiger partial charge in [-0.3, -0.25) is 4.99 Å². The van der Waals surface area contributed by atoms with Crippen LogP contribution in [0.2, 0.25) is 36.3 Å². The normalized spacial score (nSPS) is 27.1. The summed E-state index contributed by atoms with van der Waals surface area (Å²) in [7, 11) is -0.0388. The number of ether oxygens (including phenoxy) is 2. The quantitative estimate of drug-likeness (QED) is 0.325. The number of aliphatic imine (C=N–C) groups is 1. The van der Waals surface area contributed by atoms with Gasteiger partial charge in [-0.2, -0.15) is 0 Å². The molecule has 1 fully saturated rings. The number of amidine groups is 1. The summed E-state index contributed by atoms with van der Waals surface area (Å²) in [6.45, 7) is 23.9. The molecule has 0 N–H and O–H groups in total. The van der Waals surface area contributed by atoms with Crippen LogP contribution in [0.25, 0.3) is 0 Å². The number of hydrogen-bond acceptors (Lipinski definition) is 7. The highest BCUT2D eigenvalue weighted by Crippen LogP contribution is 2.45. The number of fused-ring (bicyclic) bond motifs is 1. The first-order valence-corrected chi connectivity index (χ1v) is 20.2. The minimum absolute atomic E-state index is 0.0672. The van der Waals surface area contributed by atoms with E-state index in [0.717, 1.165) is 10.7 Å². The summed E-state index contributed by atoms with van der Waals surface area (Å²) in [5.41, 5.74) is 1.02. The Morgan fingerprint density at radius 3 is 2.05 bits per heavy atom. The summed E-state index contributed by atoms with van der Waals surface area (Å²) in [4.78, 5) is 7.18. The standard InChI is InChI=1S/C28H50N2O4SSi2/c1-27(2,3)36(9,10)32-19-21-23(31-18-20-16-14-13-15-17-20)24(34-37(11,12)28(4,5)6)22-25(33-21)35-26(29-22)30(7)8/h13-17,21-25H,18-19H2,1-12H3/t21-,22-,23-,24-,25-/m1/s1. The first kappa shape index (κ1) is 30.8. The Hall–Kier alpha value is -0.686. The van der Waals surface area contributed by atoms with Crippen molar-refractivity contribution in [2.75, 3.05) is 20.7 Å². The molecule has 5 atom stereocenters. The monoisotopic (exact) mass is 566 g/mol. The maximum Gasteiger partial charge on any atom is 0.192 e. The van der Waals surface area contributed by atoms with Gasteiger partial charge in [0.1, 0.15) is 23.7 Å². The van der Waals surface area contributed by atoms with Crippen LogP contribution in [0.3, 0.4) is 0 Å². The largest absolute Gasteiger partial charge is 0.414 e. The van der Waals surface area contributed by atoms with Crippen LogP contribution in [0.15, 0.2) is 35.3 Å². The zero-order valence-corrected chi connectivity index (χ0v) is 27.9. The Morgan fingerprint density at radius 2 is 1.51 bits per heavy atom. The molecule has 2 aliphatic heterocycles. The molecule has 1 saturated heterocycles. The van der Waals surface area contributed by atoms with Crippen molar-refractivity contribution in [3.8, 4) is 0 Å². The number of hydrogen-bond donors (Lipinski definition) is 0. The smallest absolute Gasteiger partial charge is 0.192 e. The van der Waals surface area contributed by atoms with Crippen LogP contribution in [0.1, 0.15) is 47.1 Å². The molecule has 0 unspecified atom stereocenters. The van der Waals surface area contributed by atoms with Crippen LogP contribution in [-0.4, -0.2) is 77.2 Å². The first-order valence-electron chi connectivity index (χ1n) is 13.5. The maximum atomic E-state index is 7.17. The van der Waals surface area contributed by atoms with Crippen molar-refractivity contribution in [2.24, 2.45) is 4.99 Å². The van der Waals surface area contributed by atoms with E-state index in [2.05, 4.69) is 96.9 Å². The van der Waals surface area contributed by atoms with Gasteiger partial charge < -0.3 is 23.2 Å². The lowest BCUT2D eigenvalue weighted by molar-refractivity contribution is -0.183. The van der Waals surface area contributed by atoms with Gasteiger partial charge in [0.05, 0.1) is 19.3 Å². The van der Waals surface area contributed by atoms with Gasteiger partial charge in [0.15, 0.2) is 21.8 Å². The Morgan fingerprint density at radius 1 is 0.919 bits per heavy atom. The highest BCUT2D eigenvalue weighted by molar-refractivity contribution is 8.14. The third-order valence-electron chi connectivity index (χ3n) is 8.42. The number of benzene rings is 1. The highest BCUT2D eigenvalue weighted by Gasteiger charge is 2.54. The van der Waals surface area contributed by atoms with E-state index in [1.165, 1.54) is 0 Å². The summed E-state index contributed by atoms with van der Waals surface area (Å²) < 4.78 is 27.4. The van der Waals surface area contributed by atoms with Crippen molar-refractivity contribution in [3.63, 3.8) is 0 Å². The predicted octanol–water partition coefficient (Wildman–Crippen LogP) is 6.74. The predicted molar refractivity (Wildman–Crippen MR) is 161 cm³/mol. The lowest BCUT2D eigenvalue weighted by Gasteiger charge is -2.48. The topological polar surface area (TPSA) is 52.5 Å². The van der Waals surface area contributed by atoms with Gasteiger partial charge >= 0.3 is 0 Å². The molecule has 0 amide bonds. The Labute approximate surface area is 232 Å². The van der Waals surface area contributed by atoms with E-state index in [-0.39, 0.29) is 39.9 Å². The summed E-state index contributed by atoms with van der Waals surface area (Å²) in [5.74, 6) is 0. The molecule has 2 heterocycles. The molecule has 0 radical (unpaired) electrons. The number of thioether (sulfide) groups is 1. The second-order valence-electron chi connectivity index (χ2n) is 13.6. The molecule has 0 bridgehead atoms. The molecule has 3 rings (SSSR count). The molecule has 9 heteroatoms. The van der Waals surface area contributed by atoms with Crippen LogP contribution < -0.4 is 0 Å². The van der Waals surface area contributed by atoms with E-state index in [1.54, 1.807) is 11.8 Å². The molecular weight excluding hydrogens is 517 g/mol. The molecule has 37 heavy (non-hydrogen) atoms. The fourth-order valence-corrected chi connectivity index (χ4v) is 7.35. The highest BCUT2D eigenvalue weighted by atomic mass is 32.2. The molecule has 1 aromatic rings. The molecule has 1 aromatic carbocycles. The van der Waals surface area contributed by atoms with Gasteiger partial charge in [-0.25, -0.2) is 0 Å². The lowest BCUT2D eigenvalue weighted by atomic mass is 9.98. The Balaban J connectivity index is 1.97. The van der Waals surface area contributed by atoms with Gasteiger partial charge in [-0.15, -0.1) is 0 Å². The van der Waals surface area contributed by atoms with Crippen molar-refractivity contribution < 1.29 is 18.3 Å². The minimum atomic E-state index is -2.13. The van der Waals surface area contributed by atoms with E-state index in [1.807, 2.05) is 20.2 Å². The van der Waals surface area contributed by atoms with Crippen LogP contribution >= 0.6 is 11.8 Å². The summed E-state index contributed by atoms with van der Waals surface area (Å²) in [6.07, 6.45) is -0.731. The van der Waals surface area contributed by atoms with Gasteiger partial charge in [0.2, 0.25) is 0 Å². The van der Waals surface area contributed by atoms with Crippen molar-refractivity contribution in [1.29, 1.82) is 0 Å². The molecule has 0 spiro atoms. The van der Waals surface area contributed by atoms with E-state index in [0.29, 0.717) is 13.2 Å². The van der Waals surface area contributed by atoms with E-state index >= 15 is 0 Å². The Bertz CT molecular complexity index is 928. The second-order valence-corrected chi connectivity index (χ2v) is 24.3. The fourth-order valence-electron chi connectivity index (χ4n) is 3.87. The van der Waals surface area contributed by atoms with Crippen LogP contribution in [0, 0.1) is 0 Å². The third kappa shape index (κ3) is 7.29. The SMILES string of the molecule is CN(C)C1=N[C@@H]2[C@@H](O[Si](C)(C)C(C)(C)C)[C@H](OCc3ccccc3)[C@@H](CO[Si](C)(C)C(C)(C)C)O[C@@H]2S1. The lowest BCUT2D eigenvalue weighted by Crippen LogP contribution is -2.62. The van der Waals surface area contributed by atoms with Crippen molar-refractivity contribution in [2.45, 2.75) is 114 Å². The number of rotatable bonds is 8. The summed E-state index contributed by atoms with van der Waals surface area (Å²) in [5, 5.41) is 1.16. The molecule has 0 aliphatic carbocycles. The zero-order valence-electron chi connectivity index (χ0n) is 25.1. The average molecular weight is 567 g/mol. The third-order valence-corrected chi connectivity index (χ3v) is 18.7. The van der Waals surface area contributed by atoms with E-state index < -0.39 is 16.6 Å². The molecule has 2 aliphatic rings. The van der Waals surface area contributed by atoms with Crippen molar-refractivity contribution in [1.82, 2.24) is 4.90 Å². The molecule has 6 nitrogen and oxygen atoms in total.